The molecule has 5 aromatic carbocycles. The van der Waals surface area contributed by atoms with Crippen LogP contribution in [-0.4, -0.2) is 49.9 Å². The molecule has 1 aromatic heterocycles. The number of aromatic carboxylic acids is 2. The molecular formula is C42H38Cl2N4O9S3. The fraction of sp³-hybridized carbons (Fsp3) is 0.143. The third-order valence-electron chi connectivity index (χ3n) is 8.81. The molecule has 0 aliphatic carbocycles. The highest BCUT2D eigenvalue weighted by molar-refractivity contribution is 7.94. The number of carbonyl (C=O) groups is 3. The van der Waals surface area contributed by atoms with Crippen molar-refractivity contribution in [2.24, 2.45) is 0 Å². The van der Waals surface area contributed by atoms with Gasteiger partial charge in [-0.2, -0.15) is 0 Å². The van der Waals surface area contributed by atoms with Crippen LogP contribution in [0.25, 0.3) is 0 Å². The number of para-hydroxylation sites is 2. The van der Waals surface area contributed by atoms with E-state index >= 15 is 0 Å². The Morgan fingerprint density at radius 1 is 0.633 bits per heavy atom. The summed E-state index contributed by atoms with van der Waals surface area (Å²) < 4.78 is 56.7. The predicted octanol–water partition coefficient (Wildman–Crippen LogP) is 8.97. The molecule has 6 aromatic rings. The molecule has 5 N–H and O–H groups in total. The van der Waals surface area contributed by atoms with E-state index < -0.39 is 32.0 Å². The van der Waals surface area contributed by atoms with Gasteiger partial charge in [0.25, 0.3) is 20.0 Å². The van der Waals surface area contributed by atoms with Gasteiger partial charge in [-0.3, -0.25) is 14.2 Å². The summed E-state index contributed by atoms with van der Waals surface area (Å²) in [6, 6.07) is 31.6. The highest BCUT2D eigenvalue weighted by Crippen LogP contribution is 2.31. The van der Waals surface area contributed by atoms with Gasteiger partial charge < -0.3 is 15.5 Å². The second-order valence-corrected chi connectivity index (χ2v) is 18.5. The molecular weight excluding hydrogens is 872 g/mol. The first-order valence-corrected chi connectivity index (χ1v) is 22.5. The zero-order valence-corrected chi connectivity index (χ0v) is 35.9. The molecule has 0 saturated heterocycles. The number of aromatic nitrogens is 1. The number of anilines is 3. The van der Waals surface area contributed by atoms with Crippen molar-refractivity contribution in [3.8, 4) is 0 Å². The molecule has 0 atom stereocenters. The van der Waals surface area contributed by atoms with E-state index in [1.165, 1.54) is 25.1 Å². The Balaban J connectivity index is 0.000000228. The predicted molar refractivity (Wildman–Crippen MR) is 234 cm³/mol. The van der Waals surface area contributed by atoms with Crippen LogP contribution in [-0.2, 0) is 50.5 Å². The Kier molecular flexibility index (Phi) is 15.1. The SMILES string of the molecule is CC(=O)Nc1nc(C)c(S(=O)(=O)Nc2ccccc2CCc2ccccc2C(=O)O)s1.O=C(O)c1ccccc1CCc1ccccc1NS(=O)(=O)c1cc(Cl)ccc1Cl. The minimum absolute atomic E-state index is 0.0160. The quantitative estimate of drug-likeness (QED) is 0.0661. The van der Waals surface area contributed by atoms with Crippen LogP contribution in [0.1, 0.15) is 55.6 Å². The largest absolute Gasteiger partial charge is 0.478 e. The van der Waals surface area contributed by atoms with E-state index in [1.54, 1.807) is 104 Å². The van der Waals surface area contributed by atoms with E-state index in [0.717, 1.165) is 22.5 Å². The number of nitrogens with zero attached hydrogens (tertiary/aromatic N) is 1. The number of hydrogen-bond donors (Lipinski definition) is 5. The van der Waals surface area contributed by atoms with Crippen molar-refractivity contribution in [1.29, 1.82) is 0 Å². The molecule has 312 valence electrons. The van der Waals surface area contributed by atoms with Crippen LogP contribution < -0.4 is 14.8 Å². The number of carbonyl (C=O) groups excluding carboxylic acids is 1. The van der Waals surface area contributed by atoms with Crippen LogP contribution >= 0.6 is 34.5 Å². The third-order valence-corrected chi connectivity index (χ3v) is 13.9. The monoisotopic (exact) mass is 908 g/mol. The summed E-state index contributed by atoms with van der Waals surface area (Å²) >= 11 is 12.8. The molecule has 13 nitrogen and oxygen atoms in total. The number of halogens is 2. The number of amides is 1. The van der Waals surface area contributed by atoms with Crippen LogP contribution in [0.3, 0.4) is 0 Å². The van der Waals surface area contributed by atoms with E-state index in [9.17, 15) is 41.4 Å². The lowest BCUT2D eigenvalue weighted by molar-refractivity contribution is -0.114. The van der Waals surface area contributed by atoms with Crippen molar-refractivity contribution in [3.05, 3.63) is 164 Å². The van der Waals surface area contributed by atoms with E-state index in [0.29, 0.717) is 48.2 Å². The zero-order valence-electron chi connectivity index (χ0n) is 32.0. The maximum absolute atomic E-state index is 13.0. The van der Waals surface area contributed by atoms with E-state index in [1.807, 2.05) is 0 Å². The molecule has 1 heterocycles. The van der Waals surface area contributed by atoms with Crippen LogP contribution in [0.4, 0.5) is 16.5 Å². The average Bonchev–Trinajstić information content (AvgIpc) is 3.58. The fourth-order valence-electron chi connectivity index (χ4n) is 6.02. The van der Waals surface area contributed by atoms with Gasteiger partial charge in [0, 0.05) is 11.9 Å². The highest BCUT2D eigenvalue weighted by atomic mass is 35.5. The standard InChI is InChI=1S/C21H17Cl2NO4S.C21H21N3O5S2/c22-16-11-12-18(23)20(13-16)29(27,28)24-19-8-4-2-6-15(19)10-9-14-5-1-3-7-17(14)21(25)26;1-13-20(30-21(22-13)23-14(2)25)31(28,29)24-18-10-6-4-8-16(18)12-11-15-7-3-5-9-17(15)19(26)27/h1-8,11-13,24H,9-10H2,(H,25,26);3-10,24H,11-12H2,1-2H3,(H,26,27)(H,22,23,25). The number of benzene rings is 5. The van der Waals surface area contributed by atoms with E-state index in [2.05, 4.69) is 19.7 Å². The average molecular weight is 910 g/mol. The van der Waals surface area contributed by atoms with Gasteiger partial charge in [0.05, 0.1) is 33.2 Å². The molecule has 60 heavy (non-hydrogen) atoms. The van der Waals surface area contributed by atoms with Gasteiger partial charge in [-0.15, -0.1) is 0 Å². The second-order valence-electron chi connectivity index (χ2n) is 13.1. The number of thiazole rings is 1. The van der Waals surface area contributed by atoms with Crippen molar-refractivity contribution in [2.75, 3.05) is 14.8 Å². The number of hydrogen-bond acceptors (Lipinski definition) is 9. The lowest BCUT2D eigenvalue weighted by Gasteiger charge is -2.14. The Morgan fingerprint density at radius 3 is 1.55 bits per heavy atom. The van der Waals surface area contributed by atoms with Crippen molar-refractivity contribution >= 4 is 88.9 Å². The molecule has 0 aliphatic rings. The summed E-state index contributed by atoms with van der Waals surface area (Å²) in [5, 5.41) is 21.7. The molecule has 0 saturated carbocycles. The minimum atomic E-state index is -3.95. The number of sulfonamides is 2. The molecule has 18 heteroatoms. The van der Waals surface area contributed by atoms with Crippen LogP contribution in [0.5, 0.6) is 0 Å². The third kappa shape index (κ3) is 11.9. The summed E-state index contributed by atoms with van der Waals surface area (Å²) in [4.78, 5) is 38.0. The summed E-state index contributed by atoms with van der Waals surface area (Å²) in [6.07, 6.45) is 1.78. The molecule has 0 spiro atoms. The minimum Gasteiger partial charge on any atom is -0.478 e. The van der Waals surface area contributed by atoms with E-state index in [4.69, 9.17) is 23.2 Å². The van der Waals surface area contributed by atoms with Crippen molar-refractivity contribution in [2.45, 2.75) is 48.6 Å². The van der Waals surface area contributed by atoms with Gasteiger partial charge in [-0.05, 0) is 97.3 Å². The Labute approximate surface area is 361 Å². The molecule has 6 rings (SSSR count). The van der Waals surface area contributed by atoms with Gasteiger partial charge >= 0.3 is 11.9 Å². The number of nitrogens with one attached hydrogen (secondary N) is 3. The van der Waals surface area contributed by atoms with Gasteiger partial charge in [0.2, 0.25) is 5.91 Å². The fourth-order valence-corrected chi connectivity index (χ4v) is 10.4. The van der Waals surface area contributed by atoms with Gasteiger partial charge in [-0.1, -0.05) is 107 Å². The number of aryl methyl sites for hydroxylation is 5. The normalized spacial score (nSPS) is 11.2. The van der Waals surface area contributed by atoms with Crippen molar-refractivity contribution in [1.82, 2.24) is 4.98 Å². The maximum Gasteiger partial charge on any atom is 0.335 e. The van der Waals surface area contributed by atoms with Gasteiger partial charge in [0.15, 0.2) is 9.34 Å². The second kappa shape index (κ2) is 20.0. The Hall–Kier alpha value is -5.78. The highest BCUT2D eigenvalue weighted by Gasteiger charge is 2.24. The van der Waals surface area contributed by atoms with Crippen LogP contribution in [0.2, 0.25) is 10.0 Å². The van der Waals surface area contributed by atoms with Crippen LogP contribution in [0.15, 0.2) is 124 Å². The first kappa shape index (κ1) is 45.3. The zero-order chi connectivity index (χ0) is 43.6. The van der Waals surface area contributed by atoms with E-state index in [-0.39, 0.29) is 47.0 Å². The smallest absolute Gasteiger partial charge is 0.335 e. The maximum atomic E-state index is 13.0. The number of carboxylic acid groups (broad SMARTS) is 2. The topological polar surface area (TPSA) is 209 Å². The summed E-state index contributed by atoms with van der Waals surface area (Å²) in [7, 11) is -7.88. The molecule has 0 aliphatic heterocycles. The number of rotatable bonds is 15. The van der Waals surface area contributed by atoms with Crippen molar-refractivity contribution in [3.63, 3.8) is 0 Å². The lowest BCUT2D eigenvalue weighted by Crippen LogP contribution is -2.15. The summed E-state index contributed by atoms with van der Waals surface area (Å²) in [5.41, 5.74) is 4.36. The van der Waals surface area contributed by atoms with Gasteiger partial charge in [-0.25, -0.2) is 31.4 Å². The first-order chi connectivity index (χ1) is 28.4. The lowest BCUT2D eigenvalue weighted by atomic mass is 9.99. The molecule has 0 fully saturated rings. The molecule has 0 bridgehead atoms. The first-order valence-electron chi connectivity index (χ1n) is 18.0. The Morgan fingerprint density at radius 2 is 1.07 bits per heavy atom. The summed E-state index contributed by atoms with van der Waals surface area (Å²) in [5.74, 6) is -2.33. The van der Waals surface area contributed by atoms with Gasteiger partial charge in [0.1, 0.15) is 4.90 Å². The molecule has 1 amide bonds. The summed E-state index contributed by atoms with van der Waals surface area (Å²) in [6.45, 7) is 2.88. The molecule has 0 unspecified atom stereocenters. The Bertz CT molecular complexity index is 2780. The van der Waals surface area contributed by atoms with Crippen LogP contribution in [0, 0.1) is 6.92 Å². The molecule has 0 radical (unpaired) electrons. The van der Waals surface area contributed by atoms with Crippen molar-refractivity contribution < 1.29 is 41.4 Å². The number of carboxylic acids is 2.